The fraction of sp³-hybridized carbons (Fsp3) is 0.316. The van der Waals surface area contributed by atoms with Gasteiger partial charge in [0.15, 0.2) is 0 Å². The molecule has 0 fully saturated rings. The van der Waals surface area contributed by atoms with E-state index in [0.717, 1.165) is 17.8 Å². The predicted molar refractivity (Wildman–Crippen MR) is 92.0 cm³/mol. The lowest BCUT2D eigenvalue weighted by Crippen LogP contribution is -2.21. The fourth-order valence-electron chi connectivity index (χ4n) is 2.31. The smallest absolute Gasteiger partial charge is 0.225 e. The molecule has 0 atom stereocenters. The summed E-state index contributed by atoms with van der Waals surface area (Å²) in [6, 6.07) is 14.5. The lowest BCUT2D eigenvalue weighted by Gasteiger charge is -2.10. The van der Waals surface area contributed by atoms with Crippen molar-refractivity contribution in [3.63, 3.8) is 0 Å². The predicted octanol–water partition coefficient (Wildman–Crippen LogP) is 3.73. The van der Waals surface area contributed by atoms with Crippen LogP contribution in [0.25, 0.3) is 0 Å². The molecule has 0 saturated heterocycles. The van der Waals surface area contributed by atoms with Gasteiger partial charge in [-0.1, -0.05) is 47.5 Å². The molecule has 0 heterocycles. The van der Waals surface area contributed by atoms with Crippen molar-refractivity contribution in [3.05, 3.63) is 64.7 Å². The van der Waals surface area contributed by atoms with Crippen LogP contribution in [0.4, 0.5) is 5.69 Å². The molecule has 2 rings (SSSR count). The first-order valence-electron chi connectivity index (χ1n) is 7.68. The van der Waals surface area contributed by atoms with Crippen molar-refractivity contribution in [1.82, 2.24) is 5.32 Å². The minimum absolute atomic E-state index is 0.0448. The number of carbonyl (C=O) groups excluding carboxylic acids is 1. The summed E-state index contributed by atoms with van der Waals surface area (Å²) in [7, 11) is 0. The molecule has 0 radical (unpaired) electrons. The minimum Gasteiger partial charge on any atom is -0.326 e. The standard InChI is InChI=1S/C19H24N2O/c1-14-4-7-17(8-5-14)13-20-11-10-19(22)21-18-9-6-15(2)12-16(18)3/h4-9,12,20H,10-11,13H2,1-3H3,(H,21,22). The number of hydrogen-bond donors (Lipinski definition) is 2. The van der Waals surface area contributed by atoms with Crippen molar-refractivity contribution in [2.75, 3.05) is 11.9 Å². The van der Waals surface area contributed by atoms with Crippen LogP contribution in [0.5, 0.6) is 0 Å². The van der Waals surface area contributed by atoms with E-state index < -0.39 is 0 Å². The van der Waals surface area contributed by atoms with Crippen LogP contribution in [-0.4, -0.2) is 12.5 Å². The highest BCUT2D eigenvalue weighted by Crippen LogP contribution is 2.16. The summed E-state index contributed by atoms with van der Waals surface area (Å²) in [5.74, 6) is 0.0448. The summed E-state index contributed by atoms with van der Waals surface area (Å²) in [6.45, 7) is 7.60. The van der Waals surface area contributed by atoms with Crippen molar-refractivity contribution in [2.24, 2.45) is 0 Å². The number of aryl methyl sites for hydroxylation is 3. The summed E-state index contributed by atoms with van der Waals surface area (Å²) in [4.78, 5) is 12.0. The topological polar surface area (TPSA) is 41.1 Å². The maximum Gasteiger partial charge on any atom is 0.225 e. The number of rotatable bonds is 6. The van der Waals surface area contributed by atoms with Gasteiger partial charge < -0.3 is 10.6 Å². The quantitative estimate of drug-likeness (QED) is 0.798. The molecule has 0 aliphatic rings. The highest BCUT2D eigenvalue weighted by Gasteiger charge is 2.04. The van der Waals surface area contributed by atoms with Gasteiger partial charge in [0.1, 0.15) is 0 Å². The summed E-state index contributed by atoms with van der Waals surface area (Å²) < 4.78 is 0. The fourth-order valence-corrected chi connectivity index (χ4v) is 2.31. The van der Waals surface area contributed by atoms with Gasteiger partial charge in [0, 0.05) is 25.2 Å². The zero-order chi connectivity index (χ0) is 15.9. The molecule has 22 heavy (non-hydrogen) atoms. The van der Waals surface area contributed by atoms with E-state index in [1.165, 1.54) is 16.7 Å². The van der Waals surface area contributed by atoms with Gasteiger partial charge in [0.2, 0.25) is 5.91 Å². The Morgan fingerprint density at radius 3 is 2.32 bits per heavy atom. The molecule has 2 N–H and O–H groups in total. The SMILES string of the molecule is Cc1ccc(CNCCC(=O)Nc2ccc(C)cc2C)cc1. The average molecular weight is 296 g/mol. The highest BCUT2D eigenvalue weighted by molar-refractivity contribution is 5.91. The number of benzene rings is 2. The molecule has 0 aliphatic carbocycles. The van der Waals surface area contributed by atoms with Gasteiger partial charge in [0.25, 0.3) is 0 Å². The Hall–Kier alpha value is -2.13. The minimum atomic E-state index is 0.0448. The lowest BCUT2D eigenvalue weighted by atomic mass is 10.1. The van der Waals surface area contributed by atoms with Crippen LogP contribution >= 0.6 is 0 Å². The van der Waals surface area contributed by atoms with Gasteiger partial charge in [0.05, 0.1) is 0 Å². The number of anilines is 1. The monoisotopic (exact) mass is 296 g/mol. The largest absolute Gasteiger partial charge is 0.326 e. The van der Waals surface area contributed by atoms with Gasteiger partial charge in [-0.3, -0.25) is 4.79 Å². The normalized spacial score (nSPS) is 10.5. The molecule has 3 nitrogen and oxygen atoms in total. The van der Waals surface area contributed by atoms with Gasteiger partial charge in [-0.05, 0) is 38.0 Å². The van der Waals surface area contributed by atoms with E-state index in [1.54, 1.807) is 0 Å². The first kappa shape index (κ1) is 16.2. The number of amides is 1. The maximum atomic E-state index is 12.0. The molecule has 0 aliphatic heterocycles. The van der Waals surface area contributed by atoms with E-state index in [0.29, 0.717) is 13.0 Å². The second kappa shape index (κ2) is 7.76. The molecule has 2 aromatic carbocycles. The third-order valence-electron chi connectivity index (χ3n) is 3.63. The lowest BCUT2D eigenvalue weighted by molar-refractivity contribution is -0.116. The zero-order valence-corrected chi connectivity index (χ0v) is 13.6. The van der Waals surface area contributed by atoms with Gasteiger partial charge in [-0.2, -0.15) is 0 Å². The van der Waals surface area contributed by atoms with Crippen LogP contribution < -0.4 is 10.6 Å². The summed E-state index contributed by atoms with van der Waals surface area (Å²) in [5.41, 5.74) is 5.70. The Bertz CT molecular complexity index is 632. The van der Waals surface area contributed by atoms with Crippen molar-refractivity contribution < 1.29 is 4.79 Å². The molecule has 0 aromatic heterocycles. The molecule has 116 valence electrons. The number of nitrogens with one attached hydrogen (secondary N) is 2. The van der Waals surface area contributed by atoms with Crippen LogP contribution in [0.1, 0.15) is 28.7 Å². The Kier molecular flexibility index (Phi) is 5.73. The van der Waals surface area contributed by atoms with E-state index >= 15 is 0 Å². The number of carbonyl (C=O) groups is 1. The summed E-state index contributed by atoms with van der Waals surface area (Å²) >= 11 is 0. The summed E-state index contributed by atoms with van der Waals surface area (Å²) in [5, 5.41) is 6.27. The Morgan fingerprint density at radius 1 is 0.955 bits per heavy atom. The van der Waals surface area contributed by atoms with E-state index in [4.69, 9.17) is 0 Å². The second-order valence-electron chi connectivity index (χ2n) is 5.78. The summed E-state index contributed by atoms with van der Waals surface area (Å²) in [6.07, 6.45) is 0.471. The van der Waals surface area contributed by atoms with E-state index in [2.05, 4.69) is 47.9 Å². The van der Waals surface area contributed by atoms with Crippen LogP contribution in [0, 0.1) is 20.8 Å². The molecule has 0 spiro atoms. The third kappa shape index (κ3) is 5.01. The van der Waals surface area contributed by atoms with Crippen molar-refractivity contribution >= 4 is 11.6 Å². The van der Waals surface area contributed by atoms with Crippen molar-refractivity contribution in [1.29, 1.82) is 0 Å². The first-order valence-corrected chi connectivity index (χ1v) is 7.68. The molecular weight excluding hydrogens is 272 g/mol. The zero-order valence-electron chi connectivity index (χ0n) is 13.6. The van der Waals surface area contributed by atoms with Crippen LogP contribution in [-0.2, 0) is 11.3 Å². The van der Waals surface area contributed by atoms with Gasteiger partial charge in [-0.15, -0.1) is 0 Å². The van der Waals surface area contributed by atoms with Crippen molar-refractivity contribution in [2.45, 2.75) is 33.7 Å². The van der Waals surface area contributed by atoms with Gasteiger partial charge >= 0.3 is 0 Å². The average Bonchev–Trinajstić information content (AvgIpc) is 2.48. The second-order valence-corrected chi connectivity index (χ2v) is 5.78. The highest BCUT2D eigenvalue weighted by atomic mass is 16.1. The molecule has 3 heteroatoms. The molecule has 0 unspecified atom stereocenters. The molecule has 2 aromatic rings. The van der Waals surface area contributed by atoms with E-state index in [1.807, 2.05) is 26.0 Å². The first-order chi connectivity index (χ1) is 10.5. The third-order valence-corrected chi connectivity index (χ3v) is 3.63. The Labute approximate surface area is 132 Å². The van der Waals surface area contributed by atoms with Crippen molar-refractivity contribution in [3.8, 4) is 0 Å². The Balaban J connectivity index is 1.72. The van der Waals surface area contributed by atoms with E-state index in [-0.39, 0.29) is 5.91 Å². The molecule has 0 bridgehead atoms. The van der Waals surface area contributed by atoms with Gasteiger partial charge in [-0.25, -0.2) is 0 Å². The molecule has 0 saturated carbocycles. The van der Waals surface area contributed by atoms with E-state index in [9.17, 15) is 4.79 Å². The molecular formula is C19H24N2O. The number of hydrogen-bond acceptors (Lipinski definition) is 2. The van der Waals surface area contributed by atoms with Crippen LogP contribution in [0.3, 0.4) is 0 Å². The van der Waals surface area contributed by atoms with Crippen LogP contribution in [0.2, 0.25) is 0 Å². The maximum absolute atomic E-state index is 12.0. The Morgan fingerprint density at radius 2 is 1.64 bits per heavy atom. The molecule has 1 amide bonds. The van der Waals surface area contributed by atoms with Crippen LogP contribution in [0.15, 0.2) is 42.5 Å².